The van der Waals surface area contributed by atoms with Crippen molar-refractivity contribution < 1.29 is 13.2 Å². The van der Waals surface area contributed by atoms with Crippen LogP contribution >= 0.6 is 15.9 Å². The minimum absolute atomic E-state index is 0.0813. The molecule has 0 aliphatic heterocycles. The van der Waals surface area contributed by atoms with E-state index in [1.165, 1.54) is 10.6 Å². The van der Waals surface area contributed by atoms with E-state index >= 15 is 0 Å². The predicted octanol–water partition coefficient (Wildman–Crippen LogP) is 2.38. The summed E-state index contributed by atoms with van der Waals surface area (Å²) in [5.74, 6) is -0.193. The number of sulfonamides is 1. The highest BCUT2D eigenvalue weighted by molar-refractivity contribution is 9.10. The van der Waals surface area contributed by atoms with Gasteiger partial charge in [0, 0.05) is 29.2 Å². The number of rotatable bonds is 6. The van der Waals surface area contributed by atoms with Crippen LogP contribution in [-0.4, -0.2) is 44.0 Å². The van der Waals surface area contributed by atoms with Crippen LogP contribution in [0.1, 0.15) is 36.0 Å². The number of amides is 1. The topological polar surface area (TPSA) is 66.5 Å². The largest absolute Gasteiger partial charge is 0.351 e. The van der Waals surface area contributed by atoms with Gasteiger partial charge in [0.2, 0.25) is 10.0 Å². The molecule has 7 heteroatoms. The molecule has 0 spiro atoms. The van der Waals surface area contributed by atoms with Crippen LogP contribution in [-0.2, 0) is 10.0 Å². The second-order valence-corrected chi connectivity index (χ2v) is 8.43. The fourth-order valence-electron chi connectivity index (χ4n) is 2.82. The summed E-state index contributed by atoms with van der Waals surface area (Å²) in [7, 11) is -3.24. The summed E-state index contributed by atoms with van der Waals surface area (Å²) in [6.07, 6.45) is 5.20. The fourth-order valence-corrected chi connectivity index (χ4v) is 4.40. The van der Waals surface area contributed by atoms with Gasteiger partial charge in [0.25, 0.3) is 5.91 Å². The van der Waals surface area contributed by atoms with E-state index in [2.05, 4.69) is 21.2 Å². The van der Waals surface area contributed by atoms with E-state index in [-0.39, 0.29) is 11.9 Å². The lowest BCUT2D eigenvalue weighted by molar-refractivity contribution is 0.0950. The molecule has 0 radical (unpaired) electrons. The molecule has 1 aliphatic carbocycles. The van der Waals surface area contributed by atoms with Crippen LogP contribution in [0.2, 0.25) is 0 Å². The molecule has 1 saturated carbocycles. The zero-order valence-electron chi connectivity index (χ0n) is 12.6. The lowest BCUT2D eigenvalue weighted by Gasteiger charge is -2.26. The summed E-state index contributed by atoms with van der Waals surface area (Å²) in [6.45, 7) is 0.637. The number of nitrogens with zero attached hydrogens (tertiary/aromatic N) is 1. The lowest BCUT2D eigenvalue weighted by Crippen LogP contribution is -2.43. The summed E-state index contributed by atoms with van der Waals surface area (Å²) in [4.78, 5) is 12.0. The minimum atomic E-state index is -3.24. The van der Waals surface area contributed by atoms with Crippen LogP contribution in [0.3, 0.4) is 0 Å². The Morgan fingerprint density at radius 1 is 1.36 bits per heavy atom. The van der Waals surface area contributed by atoms with Crippen molar-refractivity contribution in [3.63, 3.8) is 0 Å². The Morgan fingerprint density at radius 2 is 2.05 bits per heavy atom. The van der Waals surface area contributed by atoms with Gasteiger partial charge in [0.15, 0.2) is 0 Å². The number of carbonyl (C=O) groups excluding carboxylic acids is 1. The predicted molar refractivity (Wildman–Crippen MR) is 90.3 cm³/mol. The molecule has 2 rings (SSSR count). The zero-order valence-corrected chi connectivity index (χ0v) is 15.0. The van der Waals surface area contributed by atoms with Gasteiger partial charge in [-0.1, -0.05) is 34.8 Å². The first kappa shape index (κ1) is 17.4. The standard InChI is InChI=1S/C15H21BrN2O3S/c1-22(20,21)18(14-7-2-3-8-14)10-9-17-15(19)12-5-4-6-13(16)11-12/h4-6,11,14H,2-3,7-10H2,1H3,(H,17,19). The van der Waals surface area contributed by atoms with Gasteiger partial charge in [0.1, 0.15) is 0 Å². The smallest absolute Gasteiger partial charge is 0.251 e. The maximum Gasteiger partial charge on any atom is 0.251 e. The summed E-state index contributed by atoms with van der Waals surface area (Å²) in [5.41, 5.74) is 0.557. The molecule has 1 aliphatic rings. The van der Waals surface area contributed by atoms with Crippen molar-refractivity contribution in [3.8, 4) is 0 Å². The monoisotopic (exact) mass is 388 g/mol. The molecule has 1 aromatic rings. The number of benzene rings is 1. The lowest BCUT2D eigenvalue weighted by atomic mass is 10.2. The molecule has 1 amide bonds. The quantitative estimate of drug-likeness (QED) is 0.813. The number of halogens is 1. The van der Waals surface area contributed by atoms with E-state index < -0.39 is 10.0 Å². The van der Waals surface area contributed by atoms with Gasteiger partial charge in [0.05, 0.1) is 6.26 Å². The molecule has 0 heterocycles. The van der Waals surface area contributed by atoms with Crippen molar-refractivity contribution in [2.45, 2.75) is 31.7 Å². The third kappa shape index (κ3) is 4.79. The summed E-state index contributed by atoms with van der Waals surface area (Å²) < 4.78 is 26.2. The second-order valence-electron chi connectivity index (χ2n) is 5.58. The van der Waals surface area contributed by atoms with Gasteiger partial charge >= 0.3 is 0 Å². The van der Waals surface area contributed by atoms with Gasteiger partial charge in [-0.25, -0.2) is 8.42 Å². The van der Waals surface area contributed by atoms with Crippen molar-refractivity contribution >= 4 is 31.9 Å². The Balaban J connectivity index is 1.91. The van der Waals surface area contributed by atoms with Gasteiger partial charge in [-0.2, -0.15) is 4.31 Å². The fraction of sp³-hybridized carbons (Fsp3) is 0.533. The van der Waals surface area contributed by atoms with Gasteiger partial charge in [-0.3, -0.25) is 4.79 Å². The van der Waals surface area contributed by atoms with Crippen LogP contribution < -0.4 is 5.32 Å². The third-order valence-electron chi connectivity index (χ3n) is 3.86. The molecule has 0 unspecified atom stereocenters. The molecule has 1 fully saturated rings. The molecule has 0 atom stereocenters. The Labute approximate surface area is 140 Å². The third-order valence-corrected chi connectivity index (χ3v) is 5.69. The van der Waals surface area contributed by atoms with Crippen LogP contribution in [0.5, 0.6) is 0 Å². The molecular formula is C15H21BrN2O3S. The van der Waals surface area contributed by atoms with Crippen LogP contribution in [0.4, 0.5) is 0 Å². The molecule has 5 nitrogen and oxygen atoms in total. The second kappa shape index (κ2) is 7.57. The first-order chi connectivity index (χ1) is 10.4. The molecular weight excluding hydrogens is 368 g/mol. The molecule has 122 valence electrons. The number of carbonyl (C=O) groups is 1. The van der Waals surface area contributed by atoms with Crippen LogP contribution in [0.25, 0.3) is 0 Å². The summed E-state index contributed by atoms with van der Waals surface area (Å²) in [5, 5.41) is 2.79. The van der Waals surface area contributed by atoms with Crippen molar-refractivity contribution in [1.29, 1.82) is 0 Å². The van der Waals surface area contributed by atoms with Crippen molar-refractivity contribution in [3.05, 3.63) is 34.3 Å². The van der Waals surface area contributed by atoms with Crippen molar-refractivity contribution in [2.24, 2.45) is 0 Å². The normalized spacial score (nSPS) is 16.1. The van der Waals surface area contributed by atoms with Crippen LogP contribution in [0, 0.1) is 0 Å². The molecule has 1 N–H and O–H groups in total. The van der Waals surface area contributed by atoms with Gasteiger partial charge in [-0.05, 0) is 31.0 Å². The number of hydrogen-bond donors (Lipinski definition) is 1. The zero-order chi connectivity index (χ0) is 16.2. The Morgan fingerprint density at radius 3 is 2.64 bits per heavy atom. The maximum absolute atomic E-state index is 12.0. The Kier molecular flexibility index (Phi) is 6.00. The van der Waals surface area contributed by atoms with Crippen LogP contribution in [0.15, 0.2) is 28.7 Å². The van der Waals surface area contributed by atoms with Gasteiger partial charge < -0.3 is 5.32 Å². The van der Waals surface area contributed by atoms with E-state index in [0.29, 0.717) is 18.7 Å². The summed E-state index contributed by atoms with van der Waals surface area (Å²) >= 11 is 3.33. The first-order valence-electron chi connectivity index (χ1n) is 7.38. The SMILES string of the molecule is CS(=O)(=O)N(CCNC(=O)c1cccc(Br)c1)C1CCCC1. The molecule has 0 saturated heterocycles. The van der Waals surface area contributed by atoms with Gasteiger partial charge in [-0.15, -0.1) is 0 Å². The average molecular weight is 389 g/mol. The molecule has 1 aromatic carbocycles. The van der Waals surface area contributed by atoms with E-state index in [0.717, 1.165) is 30.2 Å². The molecule has 22 heavy (non-hydrogen) atoms. The maximum atomic E-state index is 12.0. The highest BCUT2D eigenvalue weighted by Gasteiger charge is 2.28. The summed E-state index contributed by atoms with van der Waals surface area (Å²) in [6, 6.07) is 7.19. The average Bonchev–Trinajstić information content (AvgIpc) is 2.95. The number of nitrogens with one attached hydrogen (secondary N) is 1. The Hall–Kier alpha value is -0.920. The number of hydrogen-bond acceptors (Lipinski definition) is 3. The molecule has 0 bridgehead atoms. The highest BCUT2D eigenvalue weighted by atomic mass is 79.9. The highest BCUT2D eigenvalue weighted by Crippen LogP contribution is 2.24. The van der Waals surface area contributed by atoms with Crippen molar-refractivity contribution in [1.82, 2.24) is 9.62 Å². The van der Waals surface area contributed by atoms with E-state index in [9.17, 15) is 13.2 Å². The Bertz CT molecular complexity index is 627. The van der Waals surface area contributed by atoms with E-state index in [1.54, 1.807) is 18.2 Å². The van der Waals surface area contributed by atoms with E-state index in [1.807, 2.05) is 6.07 Å². The van der Waals surface area contributed by atoms with E-state index in [4.69, 9.17) is 0 Å². The molecule has 0 aromatic heterocycles. The first-order valence-corrected chi connectivity index (χ1v) is 10.0. The minimum Gasteiger partial charge on any atom is -0.351 e. The van der Waals surface area contributed by atoms with Crippen molar-refractivity contribution in [2.75, 3.05) is 19.3 Å².